The van der Waals surface area contributed by atoms with Gasteiger partial charge in [0.2, 0.25) is 5.91 Å². The number of hydrogen-bond acceptors (Lipinski definition) is 3. The third kappa shape index (κ3) is 3.52. The topological polar surface area (TPSA) is 68.9 Å². The molecule has 0 atom stereocenters. The van der Waals surface area contributed by atoms with E-state index in [0.29, 0.717) is 16.7 Å². The second-order valence-electron chi connectivity index (χ2n) is 7.66. The summed E-state index contributed by atoms with van der Waals surface area (Å²) >= 11 is 0. The lowest BCUT2D eigenvalue weighted by molar-refractivity contribution is -0.116. The fraction of sp³-hybridized carbons (Fsp3) is 0.208. The Morgan fingerprint density at radius 3 is 2.33 bits per heavy atom. The number of carbonyl (C=O) groups is 1. The van der Waals surface area contributed by atoms with Crippen molar-refractivity contribution >= 4 is 22.6 Å². The zero-order chi connectivity index (χ0) is 21.4. The summed E-state index contributed by atoms with van der Waals surface area (Å²) in [5, 5.41) is 3.41. The second kappa shape index (κ2) is 7.63. The number of nitrogens with one attached hydrogen (secondary N) is 1. The van der Waals surface area contributed by atoms with Gasteiger partial charge >= 0.3 is 0 Å². The van der Waals surface area contributed by atoms with Gasteiger partial charge in [-0.25, -0.2) is 9.67 Å². The number of benzene rings is 2. The third-order valence-corrected chi connectivity index (χ3v) is 5.51. The number of pyridine rings is 1. The lowest BCUT2D eigenvalue weighted by atomic mass is 10.1. The molecule has 2 heterocycles. The summed E-state index contributed by atoms with van der Waals surface area (Å²) in [6, 6.07) is 15.1. The van der Waals surface area contributed by atoms with E-state index in [1.165, 1.54) is 4.68 Å². The van der Waals surface area contributed by atoms with Crippen LogP contribution >= 0.6 is 0 Å². The summed E-state index contributed by atoms with van der Waals surface area (Å²) in [6.07, 6.45) is 1.63. The molecule has 0 aliphatic carbocycles. The normalized spacial score (nSPS) is 11.1. The fourth-order valence-corrected chi connectivity index (χ4v) is 3.50. The van der Waals surface area contributed by atoms with E-state index in [1.807, 2.05) is 64.1 Å². The van der Waals surface area contributed by atoms with Gasteiger partial charge < -0.3 is 5.32 Å². The summed E-state index contributed by atoms with van der Waals surface area (Å²) in [6.45, 7) is 8.03. The zero-order valence-electron chi connectivity index (χ0n) is 17.6. The first-order chi connectivity index (χ1) is 14.3. The Labute approximate surface area is 174 Å². The van der Waals surface area contributed by atoms with Crippen molar-refractivity contribution in [3.8, 4) is 5.69 Å². The molecule has 0 radical (unpaired) electrons. The summed E-state index contributed by atoms with van der Waals surface area (Å²) in [5.41, 5.74) is 6.21. The third-order valence-electron chi connectivity index (χ3n) is 5.51. The van der Waals surface area contributed by atoms with Gasteiger partial charge in [-0.1, -0.05) is 12.1 Å². The lowest BCUT2D eigenvalue weighted by Gasteiger charge is -2.14. The van der Waals surface area contributed by atoms with Crippen molar-refractivity contribution < 1.29 is 4.79 Å². The molecule has 1 N–H and O–H groups in total. The van der Waals surface area contributed by atoms with Gasteiger partial charge in [0.1, 0.15) is 6.54 Å². The van der Waals surface area contributed by atoms with Gasteiger partial charge in [-0.2, -0.15) is 0 Å². The molecule has 0 spiro atoms. The molecule has 0 aliphatic rings. The Morgan fingerprint density at radius 2 is 1.63 bits per heavy atom. The van der Waals surface area contributed by atoms with E-state index in [0.717, 1.165) is 27.9 Å². The molecule has 6 heteroatoms. The lowest BCUT2D eigenvalue weighted by Crippen LogP contribution is -2.27. The maximum absolute atomic E-state index is 13.1. The minimum absolute atomic E-state index is 0.0321. The molecule has 2 aromatic carbocycles. The predicted molar refractivity (Wildman–Crippen MR) is 119 cm³/mol. The van der Waals surface area contributed by atoms with E-state index >= 15 is 0 Å². The van der Waals surface area contributed by atoms with Crippen molar-refractivity contribution in [1.82, 2.24) is 14.3 Å². The number of amides is 1. The highest BCUT2D eigenvalue weighted by Crippen LogP contribution is 2.18. The van der Waals surface area contributed by atoms with Crippen molar-refractivity contribution in [3.05, 3.63) is 87.3 Å². The fourth-order valence-electron chi connectivity index (χ4n) is 3.50. The first-order valence-electron chi connectivity index (χ1n) is 9.86. The zero-order valence-corrected chi connectivity index (χ0v) is 17.6. The monoisotopic (exact) mass is 400 g/mol. The molecule has 0 unspecified atom stereocenters. The standard InChI is InChI=1S/C24H24N4O2/c1-15-7-9-19(12-17(15)3)26-22(29)14-27-23-21(6-5-11-25-23)24(30)28(27)20-10-8-16(2)18(4)13-20/h5-13H,14H2,1-4H3,(H,26,29). The molecule has 0 fully saturated rings. The van der Waals surface area contributed by atoms with Crippen LogP contribution in [0.25, 0.3) is 16.7 Å². The largest absolute Gasteiger partial charge is 0.324 e. The number of anilines is 1. The van der Waals surface area contributed by atoms with Crippen LogP contribution in [0, 0.1) is 27.7 Å². The van der Waals surface area contributed by atoms with Crippen LogP contribution < -0.4 is 10.9 Å². The highest BCUT2D eigenvalue weighted by molar-refractivity contribution is 5.91. The second-order valence-corrected chi connectivity index (χ2v) is 7.66. The van der Waals surface area contributed by atoms with Gasteiger partial charge in [0.05, 0.1) is 11.1 Å². The Morgan fingerprint density at radius 1 is 0.933 bits per heavy atom. The first-order valence-corrected chi connectivity index (χ1v) is 9.86. The van der Waals surface area contributed by atoms with Crippen LogP contribution in [0.3, 0.4) is 0 Å². The number of aromatic nitrogens is 3. The predicted octanol–water partition coefficient (Wildman–Crippen LogP) is 4.06. The molecule has 6 nitrogen and oxygen atoms in total. The van der Waals surface area contributed by atoms with Crippen molar-refractivity contribution in [2.24, 2.45) is 0 Å². The van der Waals surface area contributed by atoms with Crippen LogP contribution in [0.15, 0.2) is 59.5 Å². The molecular weight excluding hydrogens is 376 g/mol. The van der Waals surface area contributed by atoms with Gasteiger partial charge in [0.15, 0.2) is 5.65 Å². The molecule has 2 aromatic heterocycles. The van der Waals surface area contributed by atoms with Crippen LogP contribution in [0.5, 0.6) is 0 Å². The first kappa shape index (κ1) is 19.6. The maximum atomic E-state index is 13.1. The van der Waals surface area contributed by atoms with Gasteiger partial charge in [0.25, 0.3) is 5.56 Å². The van der Waals surface area contributed by atoms with Crippen LogP contribution in [-0.4, -0.2) is 20.3 Å². The van der Waals surface area contributed by atoms with E-state index < -0.39 is 0 Å². The van der Waals surface area contributed by atoms with Gasteiger partial charge in [0, 0.05) is 11.9 Å². The molecule has 4 aromatic rings. The molecular formula is C24H24N4O2. The van der Waals surface area contributed by atoms with Crippen molar-refractivity contribution in [2.75, 3.05) is 5.32 Å². The number of rotatable bonds is 4. The summed E-state index contributed by atoms with van der Waals surface area (Å²) < 4.78 is 3.17. The molecule has 4 rings (SSSR count). The summed E-state index contributed by atoms with van der Waals surface area (Å²) in [5.74, 6) is -0.224. The van der Waals surface area contributed by atoms with Gasteiger partial charge in [-0.05, 0) is 86.3 Å². The molecule has 1 amide bonds. The van der Waals surface area contributed by atoms with E-state index in [2.05, 4.69) is 10.3 Å². The Bertz CT molecular complexity index is 1330. The van der Waals surface area contributed by atoms with Crippen LogP contribution in [0.2, 0.25) is 0 Å². The van der Waals surface area contributed by atoms with Crippen LogP contribution in [-0.2, 0) is 11.3 Å². The summed E-state index contributed by atoms with van der Waals surface area (Å²) in [4.78, 5) is 30.4. The SMILES string of the molecule is Cc1ccc(NC(=O)Cn2c3ncccc3c(=O)n2-c2ccc(C)c(C)c2)cc1C. The number of carbonyl (C=O) groups excluding carboxylic acids is 1. The average molecular weight is 400 g/mol. The molecule has 152 valence electrons. The number of aryl methyl sites for hydroxylation is 4. The highest BCUT2D eigenvalue weighted by atomic mass is 16.2. The minimum atomic E-state index is -0.224. The van der Waals surface area contributed by atoms with Gasteiger partial charge in [-0.15, -0.1) is 0 Å². The average Bonchev–Trinajstić information content (AvgIpc) is 2.99. The molecule has 0 saturated heterocycles. The van der Waals surface area contributed by atoms with Crippen molar-refractivity contribution in [2.45, 2.75) is 34.2 Å². The number of nitrogens with zero attached hydrogens (tertiary/aromatic N) is 3. The van der Waals surface area contributed by atoms with Crippen molar-refractivity contribution in [1.29, 1.82) is 0 Å². The Hall–Kier alpha value is -3.67. The smallest absolute Gasteiger partial charge is 0.280 e. The van der Waals surface area contributed by atoms with Crippen LogP contribution in [0.4, 0.5) is 5.69 Å². The van der Waals surface area contributed by atoms with E-state index in [1.54, 1.807) is 23.0 Å². The number of hydrogen-bond donors (Lipinski definition) is 1. The quantitative estimate of drug-likeness (QED) is 0.562. The van der Waals surface area contributed by atoms with Crippen LogP contribution in [0.1, 0.15) is 22.3 Å². The highest BCUT2D eigenvalue weighted by Gasteiger charge is 2.18. The molecule has 30 heavy (non-hydrogen) atoms. The minimum Gasteiger partial charge on any atom is -0.324 e. The maximum Gasteiger partial charge on any atom is 0.280 e. The molecule has 0 bridgehead atoms. The molecule has 0 saturated carbocycles. The van der Waals surface area contributed by atoms with Gasteiger partial charge in [-0.3, -0.25) is 14.3 Å². The van der Waals surface area contributed by atoms with E-state index in [4.69, 9.17) is 0 Å². The Kier molecular flexibility index (Phi) is 4.99. The van der Waals surface area contributed by atoms with E-state index in [-0.39, 0.29) is 18.0 Å². The Balaban J connectivity index is 1.77. The summed E-state index contributed by atoms with van der Waals surface area (Å²) in [7, 11) is 0. The van der Waals surface area contributed by atoms with E-state index in [9.17, 15) is 9.59 Å². The van der Waals surface area contributed by atoms with Crippen molar-refractivity contribution in [3.63, 3.8) is 0 Å². The molecule has 0 aliphatic heterocycles. The number of fused-ring (bicyclic) bond motifs is 1.